The minimum Gasteiger partial charge on any atom is -0.484 e. The molecule has 0 aliphatic rings. The Balaban J connectivity index is 1.94. The van der Waals surface area contributed by atoms with E-state index in [1.165, 1.54) is 4.90 Å². The van der Waals surface area contributed by atoms with E-state index >= 15 is 0 Å². The third kappa shape index (κ3) is 6.03. The van der Waals surface area contributed by atoms with Gasteiger partial charge in [0.15, 0.2) is 6.61 Å². The highest BCUT2D eigenvalue weighted by atomic mass is 35.5. The van der Waals surface area contributed by atoms with Gasteiger partial charge in [0, 0.05) is 11.6 Å². The zero-order valence-corrected chi connectivity index (χ0v) is 17.2. The lowest BCUT2D eigenvalue weighted by Gasteiger charge is -2.21. The van der Waals surface area contributed by atoms with E-state index in [1.807, 2.05) is 6.92 Å². The topological polar surface area (TPSA) is 58.6 Å². The van der Waals surface area contributed by atoms with Crippen LogP contribution in [-0.4, -0.2) is 36.4 Å². The maximum absolute atomic E-state index is 12.4. The first-order valence-electron chi connectivity index (χ1n) is 8.22. The van der Waals surface area contributed by atoms with Crippen LogP contribution < -0.4 is 10.1 Å². The molecule has 144 valence electrons. The summed E-state index contributed by atoms with van der Waals surface area (Å²) in [7, 11) is 0. The van der Waals surface area contributed by atoms with Crippen molar-refractivity contribution in [2.24, 2.45) is 0 Å². The molecule has 1 N–H and O–H groups in total. The number of likely N-dealkylation sites (N-methyl/N-ethyl adjacent to an activating group) is 1. The fourth-order valence-electron chi connectivity index (χ4n) is 2.29. The summed E-state index contributed by atoms with van der Waals surface area (Å²) in [6.45, 7) is 3.65. The molecule has 0 bridgehead atoms. The standard InChI is InChI=1S/C19H19Cl3N2O3/c1-3-24(10-17(25)23-19-15(21)5-4-6-16(19)22)18(26)11-27-13-7-8-14(20)12(2)9-13/h4-9H,3,10-11H2,1-2H3,(H,23,25). The third-order valence-corrected chi connectivity index (χ3v) is 4.84. The number of carbonyl (C=O) groups is 2. The van der Waals surface area contributed by atoms with Crippen LogP contribution in [0.3, 0.4) is 0 Å². The fraction of sp³-hybridized carbons (Fsp3) is 0.263. The van der Waals surface area contributed by atoms with Crippen LogP contribution in [0.5, 0.6) is 5.75 Å². The van der Waals surface area contributed by atoms with E-state index in [0.717, 1.165) is 5.56 Å². The van der Waals surface area contributed by atoms with E-state index < -0.39 is 5.91 Å². The number of hydrogen-bond acceptors (Lipinski definition) is 3. The van der Waals surface area contributed by atoms with Gasteiger partial charge in [0.2, 0.25) is 5.91 Å². The molecule has 2 aromatic rings. The largest absolute Gasteiger partial charge is 0.484 e. The lowest BCUT2D eigenvalue weighted by molar-refractivity contribution is -0.136. The normalized spacial score (nSPS) is 10.4. The van der Waals surface area contributed by atoms with E-state index in [1.54, 1.807) is 43.3 Å². The highest BCUT2D eigenvalue weighted by Gasteiger charge is 2.18. The average Bonchev–Trinajstić information content (AvgIpc) is 2.63. The summed E-state index contributed by atoms with van der Waals surface area (Å²) in [6.07, 6.45) is 0. The Morgan fingerprint density at radius 3 is 2.33 bits per heavy atom. The van der Waals surface area contributed by atoms with Crippen molar-refractivity contribution in [3.05, 3.63) is 57.0 Å². The summed E-state index contributed by atoms with van der Waals surface area (Å²) < 4.78 is 5.50. The quantitative estimate of drug-likeness (QED) is 0.686. The van der Waals surface area contributed by atoms with Gasteiger partial charge in [0.25, 0.3) is 5.91 Å². The molecule has 2 aromatic carbocycles. The third-order valence-electron chi connectivity index (χ3n) is 3.79. The number of nitrogens with zero attached hydrogens (tertiary/aromatic N) is 1. The number of aryl methyl sites for hydroxylation is 1. The predicted octanol–water partition coefficient (Wildman–Crippen LogP) is 4.82. The number of carbonyl (C=O) groups excluding carboxylic acids is 2. The van der Waals surface area contributed by atoms with Gasteiger partial charge >= 0.3 is 0 Å². The maximum Gasteiger partial charge on any atom is 0.260 e. The maximum atomic E-state index is 12.4. The minimum absolute atomic E-state index is 0.139. The first-order chi connectivity index (χ1) is 12.8. The number of ether oxygens (including phenoxy) is 1. The molecule has 0 radical (unpaired) electrons. The van der Waals surface area contributed by atoms with Gasteiger partial charge in [-0.2, -0.15) is 0 Å². The summed E-state index contributed by atoms with van der Waals surface area (Å²) in [5.74, 6) is -0.179. The van der Waals surface area contributed by atoms with Gasteiger partial charge in [0.05, 0.1) is 22.3 Å². The summed E-state index contributed by atoms with van der Waals surface area (Å²) in [6, 6.07) is 10.1. The zero-order chi connectivity index (χ0) is 20.0. The van der Waals surface area contributed by atoms with Crippen LogP contribution in [0.15, 0.2) is 36.4 Å². The Labute approximate surface area is 173 Å². The summed E-state index contributed by atoms with van der Waals surface area (Å²) in [4.78, 5) is 26.0. The lowest BCUT2D eigenvalue weighted by Crippen LogP contribution is -2.40. The van der Waals surface area contributed by atoms with Crippen LogP contribution in [0.25, 0.3) is 0 Å². The number of para-hydroxylation sites is 1. The molecule has 0 heterocycles. The van der Waals surface area contributed by atoms with Crippen molar-refractivity contribution in [1.29, 1.82) is 0 Å². The number of anilines is 1. The molecule has 0 spiro atoms. The van der Waals surface area contributed by atoms with Crippen molar-refractivity contribution in [3.63, 3.8) is 0 Å². The Bertz CT molecular complexity index is 823. The highest BCUT2D eigenvalue weighted by Crippen LogP contribution is 2.29. The van der Waals surface area contributed by atoms with E-state index in [2.05, 4.69) is 5.32 Å². The van der Waals surface area contributed by atoms with Crippen molar-refractivity contribution in [1.82, 2.24) is 4.90 Å². The molecule has 0 unspecified atom stereocenters. The van der Waals surface area contributed by atoms with Gasteiger partial charge in [-0.15, -0.1) is 0 Å². The Morgan fingerprint density at radius 1 is 1.07 bits per heavy atom. The monoisotopic (exact) mass is 428 g/mol. The SMILES string of the molecule is CCN(CC(=O)Nc1c(Cl)cccc1Cl)C(=O)COc1ccc(Cl)c(C)c1. The van der Waals surface area contributed by atoms with E-state index in [0.29, 0.717) is 33.0 Å². The van der Waals surface area contributed by atoms with Crippen molar-refractivity contribution in [3.8, 4) is 5.75 Å². The molecular formula is C19H19Cl3N2O3. The van der Waals surface area contributed by atoms with Gasteiger partial charge in [-0.3, -0.25) is 9.59 Å². The number of amides is 2. The molecule has 0 aliphatic heterocycles. The molecule has 27 heavy (non-hydrogen) atoms. The fourth-order valence-corrected chi connectivity index (χ4v) is 2.90. The van der Waals surface area contributed by atoms with Crippen molar-refractivity contribution >= 4 is 52.3 Å². The lowest BCUT2D eigenvalue weighted by atomic mass is 10.2. The number of hydrogen-bond donors (Lipinski definition) is 1. The van der Waals surface area contributed by atoms with Gasteiger partial charge in [-0.05, 0) is 49.7 Å². The first-order valence-corrected chi connectivity index (χ1v) is 9.35. The molecule has 2 amide bonds. The van der Waals surface area contributed by atoms with Crippen LogP contribution in [0.1, 0.15) is 12.5 Å². The molecule has 0 fully saturated rings. The molecule has 8 heteroatoms. The number of nitrogens with one attached hydrogen (secondary N) is 1. The van der Waals surface area contributed by atoms with Gasteiger partial charge in [-0.1, -0.05) is 40.9 Å². The molecule has 0 atom stereocenters. The van der Waals surface area contributed by atoms with Crippen molar-refractivity contribution in [2.75, 3.05) is 25.0 Å². The summed E-state index contributed by atoms with van der Waals surface area (Å²) in [5, 5.41) is 3.91. The van der Waals surface area contributed by atoms with Crippen LogP contribution in [0, 0.1) is 6.92 Å². The molecule has 0 aliphatic carbocycles. The molecular weight excluding hydrogens is 411 g/mol. The van der Waals surface area contributed by atoms with Crippen molar-refractivity contribution < 1.29 is 14.3 Å². The van der Waals surface area contributed by atoms with Crippen molar-refractivity contribution in [2.45, 2.75) is 13.8 Å². The smallest absolute Gasteiger partial charge is 0.260 e. The van der Waals surface area contributed by atoms with Crippen LogP contribution in [0.4, 0.5) is 5.69 Å². The van der Waals surface area contributed by atoms with Crippen LogP contribution >= 0.6 is 34.8 Å². The van der Waals surface area contributed by atoms with Gasteiger partial charge < -0.3 is 15.0 Å². The van der Waals surface area contributed by atoms with E-state index in [4.69, 9.17) is 39.5 Å². The second kappa shape index (κ2) is 9.83. The van der Waals surface area contributed by atoms with Gasteiger partial charge in [-0.25, -0.2) is 0 Å². The Kier molecular flexibility index (Phi) is 7.78. The number of rotatable bonds is 7. The van der Waals surface area contributed by atoms with E-state index in [9.17, 15) is 9.59 Å². The minimum atomic E-state index is -0.400. The highest BCUT2D eigenvalue weighted by molar-refractivity contribution is 6.39. The van der Waals surface area contributed by atoms with E-state index in [-0.39, 0.29) is 19.1 Å². The molecule has 0 saturated carbocycles. The Morgan fingerprint density at radius 2 is 1.74 bits per heavy atom. The first kappa shape index (κ1) is 21.4. The Hall–Kier alpha value is -1.95. The van der Waals surface area contributed by atoms with Crippen LogP contribution in [0.2, 0.25) is 15.1 Å². The molecule has 2 rings (SSSR count). The predicted molar refractivity (Wildman–Crippen MR) is 109 cm³/mol. The summed E-state index contributed by atoms with van der Waals surface area (Å²) >= 11 is 18.0. The molecule has 0 saturated heterocycles. The molecule has 5 nitrogen and oxygen atoms in total. The second-order valence-corrected chi connectivity index (χ2v) is 6.97. The van der Waals surface area contributed by atoms with Crippen LogP contribution in [-0.2, 0) is 9.59 Å². The zero-order valence-electron chi connectivity index (χ0n) is 14.9. The number of halogens is 3. The second-order valence-electron chi connectivity index (χ2n) is 5.75. The van der Waals surface area contributed by atoms with Gasteiger partial charge in [0.1, 0.15) is 5.75 Å². The average molecular weight is 430 g/mol. The number of benzene rings is 2. The summed E-state index contributed by atoms with van der Waals surface area (Å²) in [5.41, 5.74) is 1.17. The molecule has 0 aromatic heterocycles.